The maximum atomic E-state index is 12.9. The van der Waals surface area contributed by atoms with E-state index < -0.39 is 47.2 Å². The number of alkyl halides is 3. The highest BCUT2D eigenvalue weighted by Crippen LogP contribution is 2.34. The molecule has 1 aliphatic rings. The van der Waals surface area contributed by atoms with Crippen LogP contribution in [0.25, 0.3) is 0 Å². The summed E-state index contributed by atoms with van der Waals surface area (Å²) in [7, 11) is 0. The fourth-order valence-electron chi connectivity index (χ4n) is 2.64. The van der Waals surface area contributed by atoms with E-state index in [1.165, 1.54) is 13.0 Å². The van der Waals surface area contributed by atoms with Crippen molar-refractivity contribution >= 4 is 17.8 Å². The lowest BCUT2D eigenvalue weighted by atomic mass is 9.90. The lowest BCUT2D eigenvalue weighted by Gasteiger charge is -2.24. The normalized spacial score (nSPS) is 21.0. The number of nitrogens with zero attached hydrogens (tertiary/aromatic N) is 1. The fourth-order valence-corrected chi connectivity index (χ4v) is 2.64. The molecule has 0 spiro atoms. The van der Waals surface area contributed by atoms with Crippen molar-refractivity contribution in [1.29, 1.82) is 0 Å². The molecule has 142 valence electrons. The van der Waals surface area contributed by atoms with E-state index in [1.807, 2.05) is 0 Å². The van der Waals surface area contributed by atoms with Crippen molar-refractivity contribution in [2.24, 2.45) is 0 Å². The van der Waals surface area contributed by atoms with Crippen molar-refractivity contribution < 1.29 is 27.6 Å². The summed E-state index contributed by atoms with van der Waals surface area (Å²) in [5.41, 5.74) is -3.17. The van der Waals surface area contributed by atoms with Crippen LogP contribution in [0.15, 0.2) is 24.3 Å². The lowest BCUT2D eigenvalue weighted by molar-refractivity contribution is -0.138. The quantitative estimate of drug-likeness (QED) is 0.801. The van der Waals surface area contributed by atoms with Gasteiger partial charge in [0.25, 0.3) is 5.91 Å². The molecule has 0 aliphatic carbocycles. The third-order valence-corrected chi connectivity index (χ3v) is 3.86. The Bertz CT molecular complexity index is 756. The Morgan fingerprint density at radius 3 is 2.38 bits per heavy atom. The van der Waals surface area contributed by atoms with Crippen LogP contribution in [0.1, 0.15) is 38.8 Å². The molecule has 1 unspecified atom stereocenters. The summed E-state index contributed by atoms with van der Waals surface area (Å²) in [5, 5.41) is 5.01. The molecule has 1 aliphatic heterocycles. The average Bonchev–Trinajstić information content (AvgIpc) is 2.69. The van der Waals surface area contributed by atoms with Crippen molar-refractivity contribution in [2.45, 2.75) is 44.9 Å². The predicted octanol–water partition coefficient (Wildman–Crippen LogP) is 2.39. The van der Waals surface area contributed by atoms with Gasteiger partial charge in [0, 0.05) is 5.54 Å². The number of amides is 4. The Hall–Kier alpha value is -2.58. The predicted molar refractivity (Wildman–Crippen MR) is 86.9 cm³/mol. The van der Waals surface area contributed by atoms with Crippen LogP contribution in [-0.2, 0) is 21.3 Å². The molecular formula is C17H20F3N3O3. The second-order valence-corrected chi connectivity index (χ2v) is 7.32. The molecule has 1 aromatic rings. The summed E-state index contributed by atoms with van der Waals surface area (Å²) in [6, 6.07) is 3.35. The van der Waals surface area contributed by atoms with E-state index in [-0.39, 0.29) is 5.56 Å². The first-order valence-corrected chi connectivity index (χ1v) is 7.87. The Labute approximate surface area is 148 Å². The largest absolute Gasteiger partial charge is 0.416 e. The number of urea groups is 1. The van der Waals surface area contributed by atoms with Crippen molar-refractivity contribution in [1.82, 2.24) is 15.5 Å². The van der Waals surface area contributed by atoms with Gasteiger partial charge in [-0.2, -0.15) is 13.2 Å². The second-order valence-electron chi connectivity index (χ2n) is 7.32. The Balaban J connectivity index is 2.28. The van der Waals surface area contributed by atoms with Gasteiger partial charge in [0.15, 0.2) is 0 Å². The third-order valence-electron chi connectivity index (χ3n) is 3.86. The minimum Gasteiger partial charge on any atom is -0.350 e. The van der Waals surface area contributed by atoms with Gasteiger partial charge >= 0.3 is 12.2 Å². The summed E-state index contributed by atoms with van der Waals surface area (Å²) in [6.07, 6.45) is -4.58. The number of hydrogen-bond donors (Lipinski definition) is 2. The number of carbonyl (C=O) groups excluding carboxylic acids is 3. The molecule has 1 heterocycles. The molecule has 1 fully saturated rings. The van der Waals surface area contributed by atoms with Crippen molar-refractivity contribution in [2.75, 3.05) is 6.54 Å². The van der Waals surface area contributed by atoms with Gasteiger partial charge in [-0.25, -0.2) is 4.79 Å². The van der Waals surface area contributed by atoms with Gasteiger partial charge in [-0.05, 0) is 45.4 Å². The lowest BCUT2D eigenvalue weighted by Crippen LogP contribution is -2.48. The zero-order valence-electron chi connectivity index (χ0n) is 14.8. The SMILES string of the molecule is CC(C)(C)NC(=O)CN1C(=O)NC(C)(c2cccc(C(F)(F)F)c2)C1=O. The molecule has 0 saturated carbocycles. The number of carbonyl (C=O) groups is 3. The molecule has 2 N–H and O–H groups in total. The van der Waals surface area contributed by atoms with E-state index in [0.717, 1.165) is 18.2 Å². The molecule has 4 amide bonds. The van der Waals surface area contributed by atoms with Crippen molar-refractivity contribution in [3.05, 3.63) is 35.4 Å². The Kier molecular flexibility index (Phi) is 4.78. The third kappa shape index (κ3) is 3.97. The maximum Gasteiger partial charge on any atom is 0.416 e. The van der Waals surface area contributed by atoms with Crippen LogP contribution >= 0.6 is 0 Å². The Morgan fingerprint density at radius 2 is 1.85 bits per heavy atom. The molecule has 0 aromatic heterocycles. The van der Waals surface area contributed by atoms with Gasteiger partial charge in [-0.1, -0.05) is 12.1 Å². The second kappa shape index (κ2) is 6.30. The highest BCUT2D eigenvalue weighted by Gasteiger charge is 2.50. The number of halogens is 3. The number of nitrogens with one attached hydrogen (secondary N) is 2. The van der Waals surface area contributed by atoms with Gasteiger partial charge in [0.1, 0.15) is 12.1 Å². The number of rotatable bonds is 3. The van der Waals surface area contributed by atoms with Crippen molar-refractivity contribution in [3.63, 3.8) is 0 Å². The van der Waals surface area contributed by atoms with Gasteiger partial charge in [-0.15, -0.1) is 0 Å². The highest BCUT2D eigenvalue weighted by atomic mass is 19.4. The van der Waals surface area contributed by atoms with Crippen LogP contribution in [0.2, 0.25) is 0 Å². The summed E-state index contributed by atoms with van der Waals surface area (Å²) < 4.78 is 38.8. The molecule has 1 saturated heterocycles. The molecule has 26 heavy (non-hydrogen) atoms. The standard InChI is InChI=1S/C17H20F3N3O3/c1-15(2,3)21-12(24)9-23-13(25)16(4,22-14(23)26)10-6-5-7-11(8-10)17(18,19)20/h5-8H,9H2,1-4H3,(H,21,24)(H,22,26). The minimum atomic E-state index is -4.58. The molecule has 2 rings (SSSR count). The minimum absolute atomic E-state index is 0.00981. The maximum absolute atomic E-state index is 12.9. The molecule has 0 radical (unpaired) electrons. The van der Waals surface area contributed by atoms with E-state index >= 15 is 0 Å². The van der Waals surface area contributed by atoms with Gasteiger partial charge < -0.3 is 10.6 Å². The van der Waals surface area contributed by atoms with E-state index in [4.69, 9.17) is 0 Å². The average molecular weight is 371 g/mol. The first kappa shape index (κ1) is 19.7. The van der Waals surface area contributed by atoms with Crippen LogP contribution in [0.4, 0.5) is 18.0 Å². The first-order chi connectivity index (χ1) is 11.7. The summed E-state index contributed by atoms with van der Waals surface area (Å²) in [5.74, 6) is -1.33. The van der Waals surface area contributed by atoms with E-state index in [2.05, 4.69) is 10.6 Å². The topological polar surface area (TPSA) is 78.5 Å². The van der Waals surface area contributed by atoms with Gasteiger partial charge in [0.2, 0.25) is 5.91 Å². The number of imide groups is 1. The molecule has 0 bridgehead atoms. The molecule has 1 aromatic carbocycles. The van der Waals surface area contributed by atoms with Crippen LogP contribution in [-0.4, -0.2) is 34.8 Å². The van der Waals surface area contributed by atoms with E-state index in [9.17, 15) is 27.6 Å². The van der Waals surface area contributed by atoms with E-state index in [0.29, 0.717) is 4.90 Å². The summed E-state index contributed by atoms with van der Waals surface area (Å²) in [4.78, 5) is 37.5. The first-order valence-electron chi connectivity index (χ1n) is 7.87. The zero-order valence-corrected chi connectivity index (χ0v) is 14.8. The number of benzene rings is 1. The van der Waals surface area contributed by atoms with Crippen LogP contribution in [0, 0.1) is 0 Å². The monoisotopic (exact) mass is 371 g/mol. The van der Waals surface area contributed by atoms with Crippen LogP contribution in [0.3, 0.4) is 0 Å². The van der Waals surface area contributed by atoms with E-state index in [1.54, 1.807) is 20.8 Å². The van der Waals surface area contributed by atoms with Crippen LogP contribution in [0.5, 0.6) is 0 Å². The van der Waals surface area contributed by atoms with Crippen molar-refractivity contribution in [3.8, 4) is 0 Å². The van der Waals surface area contributed by atoms with Crippen LogP contribution < -0.4 is 10.6 Å². The summed E-state index contributed by atoms with van der Waals surface area (Å²) in [6.45, 7) is 6.01. The van der Waals surface area contributed by atoms with Gasteiger partial charge in [-0.3, -0.25) is 14.5 Å². The highest BCUT2D eigenvalue weighted by molar-refractivity contribution is 6.09. The molecule has 1 atom stereocenters. The zero-order chi connectivity index (χ0) is 19.9. The molecular weight excluding hydrogens is 351 g/mol. The summed E-state index contributed by atoms with van der Waals surface area (Å²) >= 11 is 0. The molecule has 6 nitrogen and oxygen atoms in total. The Morgan fingerprint density at radius 1 is 1.23 bits per heavy atom. The molecule has 9 heteroatoms. The van der Waals surface area contributed by atoms with Gasteiger partial charge in [0.05, 0.1) is 5.56 Å². The smallest absolute Gasteiger partial charge is 0.350 e. The fraction of sp³-hybridized carbons (Fsp3) is 0.471. The number of hydrogen-bond acceptors (Lipinski definition) is 3.